The number of fused-ring (bicyclic) bond motifs is 1. The summed E-state index contributed by atoms with van der Waals surface area (Å²) in [6.45, 7) is -0.136. The fourth-order valence-corrected chi connectivity index (χ4v) is 4.46. The van der Waals surface area contributed by atoms with Gasteiger partial charge in [0.15, 0.2) is 10.9 Å². The van der Waals surface area contributed by atoms with E-state index in [-0.39, 0.29) is 18.2 Å². The van der Waals surface area contributed by atoms with Crippen LogP contribution in [0, 0.1) is 10.1 Å². The molecule has 1 heterocycles. The zero-order valence-corrected chi connectivity index (χ0v) is 17.7. The number of non-ortho nitro benzene ring substituents is 1. The number of carbonyl (C=O) groups excluding carboxylic acids is 1. The monoisotopic (exact) mass is 452 g/mol. The van der Waals surface area contributed by atoms with Crippen LogP contribution in [0.2, 0.25) is 0 Å². The van der Waals surface area contributed by atoms with E-state index in [1.807, 2.05) is 42.5 Å². The van der Waals surface area contributed by atoms with Crippen LogP contribution in [0.15, 0.2) is 71.1 Å². The van der Waals surface area contributed by atoms with Gasteiger partial charge in [-0.2, -0.15) is 0 Å². The summed E-state index contributed by atoms with van der Waals surface area (Å²) in [4.78, 5) is 22.4. The normalized spacial score (nSPS) is 10.7. The number of amides is 1. The smallest absolute Gasteiger partial charge is 0.269 e. The summed E-state index contributed by atoms with van der Waals surface area (Å²) < 4.78 is 6.26. The van der Waals surface area contributed by atoms with E-state index in [9.17, 15) is 14.9 Å². The Balaban J connectivity index is 1.26. The molecule has 0 aliphatic rings. The number of nitro benzene ring substituents is 1. The van der Waals surface area contributed by atoms with Crippen molar-refractivity contribution in [1.29, 1.82) is 0 Å². The molecule has 31 heavy (non-hydrogen) atoms. The number of nitrogens with one attached hydrogen (secondary N) is 1. The third kappa shape index (κ3) is 5.56. The third-order valence-electron chi connectivity index (χ3n) is 4.25. The molecule has 4 aromatic rings. The van der Waals surface area contributed by atoms with Gasteiger partial charge in [-0.25, -0.2) is 0 Å². The summed E-state index contributed by atoms with van der Waals surface area (Å²) in [5.41, 5.74) is 0.987. The Bertz CT molecular complexity index is 1230. The number of aromatic nitrogens is 2. The van der Waals surface area contributed by atoms with Crippen LogP contribution in [0.1, 0.15) is 5.56 Å². The van der Waals surface area contributed by atoms with Crippen LogP contribution in [0.4, 0.5) is 10.8 Å². The van der Waals surface area contributed by atoms with E-state index in [4.69, 9.17) is 4.74 Å². The molecule has 0 saturated heterocycles. The molecule has 0 aliphatic carbocycles. The first-order chi connectivity index (χ1) is 15.1. The molecule has 0 spiro atoms. The maximum atomic E-state index is 12.2. The molecule has 0 bridgehead atoms. The van der Waals surface area contributed by atoms with Crippen molar-refractivity contribution >= 4 is 50.6 Å². The molecule has 0 atom stereocenters. The van der Waals surface area contributed by atoms with Crippen molar-refractivity contribution in [2.24, 2.45) is 0 Å². The van der Waals surface area contributed by atoms with Crippen molar-refractivity contribution in [2.75, 3.05) is 11.9 Å². The van der Waals surface area contributed by atoms with E-state index in [1.54, 1.807) is 12.1 Å². The van der Waals surface area contributed by atoms with E-state index in [0.717, 1.165) is 16.3 Å². The summed E-state index contributed by atoms with van der Waals surface area (Å²) in [5, 5.41) is 23.9. The number of ether oxygens (including phenoxy) is 1. The van der Waals surface area contributed by atoms with Crippen LogP contribution in [0.25, 0.3) is 10.8 Å². The fraction of sp³-hybridized carbons (Fsp3) is 0.0952. The lowest BCUT2D eigenvalue weighted by Gasteiger charge is -2.06. The Hall–Kier alpha value is -3.50. The van der Waals surface area contributed by atoms with Gasteiger partial charge in [0.05, 0.1) is 4.92 Å². The third-order valence-corrected chi connectivity index (χ3v) is 6.30. The first-order valence-electron chi connectivity index (χ1n) is 9.18. The molecule has 1 N–H and O–H groups in total. The van der Waals surface area contributed by atoms with Crippen molar-refractivity contribution in [3.63, 3.8) is 0 Å². The van der Waals surface area contributed by atoms with Gasteiger partial charge in [0.2, 0.25) is 5.13 Å². The highest BCUT2D eigenvalue weighted by Gasteiger charge is 2.11. The number of thioether (sulfide) groups is 1. The van der Waals surface area contributed by atoms with Crippen molar-refractivity contribution in [3.8, 4) is 5.75 Å². The lowest BCUT2D eigenvalue weighted by Crippen LogP contribution is -2.20. The maximum absolute atomic E-state index is 12.2. The van der Waals surface area contributed by atoms with Crippen molar-refractivity contribution in [2.45, 2.75) is 10.1 Å². The molecule has 8 nitrogen and oxygen atoms in total. The second-order valence-corrected chi connectivity index (χ2v) is 8.63. The van der Waals surface area contributed by atoms with E-state index in [0.29, 0.717) is 21.0 Å². The second kappa shape index (κ2) is 9.54. The fourth-order valence-electron chi connectivity index (χ4n) is 2.74. The molecule has 10 heteroatoms. The minimum absolute atomic E-state index is 0.0561. The van der Waals surface area contributed by atoms with E-state index in [2.05, 4.69) is 15.5 Å². The van der Waals surface area contributed by atoms with Gasteiger partial charge in [0.25, 0.3) is 11.6 Å². The average molecular weight is 453 g/mol. The van der Waals surface area contributed by atoms with E-state index >= 15 is 0 Å². The van der Waals surface area contributed by atoms with Gasteiger partial charge in [0, 0.05) is 17.9 Å². The summed E-state index contributed by atoms with van der Waals surface area (Å²) in [5.74, 6) is 0.882. The highest BCUT2D eigenvalue weighted by Crippen LogP contribution is 2.29. The van der Waals surface area contributed by atoms with Gasteiger partial charge >= 0.3 is 0 Å². The number of anilines is 1. The Morgan fingerprint density at radius 1 is 1.06 bits per heavy atom. The largest absolute Gasteiger partial charge is 0.484 e. The molecule has 0 unspecified atom stereocenters. The molecule has 0 radical (unpaired) electrons. The van der Waals surface area contributed by atoms with Crippen molar-refractivity contribution < 1.29 is 14.5 Å². The molecule has 3 aromatic carbocycles. The van der Waals surface area contributed by atoms with Gasteiger partial charge in [-0.1, -0.05) is 65.6 Å². The minimum atomic E-state index is -0.430. The average Bonchev–Trinajstić information content (AvgIpc) is 3.23. The predicted molar refractivity (Wildman–Crippen MR) is 121 cm³/mol. The molecule has 4 rings (SSSR count). The molecule has 156 valence electrons. The Morgan fingerprint density at radius 3 is 2.61 bits per heavy atom. The van der Waals surface area contributed by atoms with Crippen molar-refractivity contribution in [3.05, 3.63) is 82.4 Å². The minimum Gasteiger partial charge on any atom is -0.484 e. The second-order valence-electron chi connectivity index (χ2n) is 6.43. The predicted octanol–water partition coefficient (Wildman–Crippen LogP) is 4.91. The summed E-state index contributed by atoms with van der Waals surface area (Å²) in [6, 6.07) is 19.9. The topological polar surface area (TPSA) is 107 Å². The van der Waals surface area contributed by atoms with Gasteiger partial charge < -0.3 is 4.74 Å². The summed E-state index contributed by atoms with van der Waals surface area (Å²) >= 11 is 2.70. The SMILES string of the molecule is O=C(COc1ccc2ccccc2c1)Nc1nnc(SCc2ccc([N+](=O)[O-])cc2)s1. The van der Waals surface area contributed by atoms with Gasteiger partial charge in [-0.15, -0.1) is 10.2 Å². The zero-order valence-electron chi connectivity index (χ0n) is 16.1. The highest BCUT2D eigenvalue weighted by atomic mass is 32.2. The zero-order chi connectivity index (χ0) is 21.6. The number of nitro groups is 1. The molecule has 1 aromatic heterocycles. The number of carbonyl (C=O) groups is 1. The standard InChI is InChI=1S/C21H16N4O4S2/c26-19(12-29-18-10-7-15-3-1-2-4-16(15)11-18)22-20-23-24-21(31-20)30-13-14-5-8-17(9-6-14)25(27)28/h1-11H,12-13H2,(H,22,23,26). The van der Waals surface area contributed by atoms with E-state index < -0.39 is 4.92 Å². The van der Waals surface area contributed by atoms with Gasteiger partial charge in [0.1, 0.15) is 5.75 Å². The molecule has 0 saturated carbocycles. The summed E-state index contributed by atoms with van der Waals surface area (Å²) in [7, 11) is 0. The van der Waals surface area contributed by atoms with Crippen LogP contribution in [-0.4, -0.2) is 27.6 Å². The maximum Gasteiger partial charge on any atom is 0.269 e. The van der Waals surface area contributed by atoms with Gasteiger partial charge in [-0.05, 0) is 28.5 Å². The lowest BCUT2D eigenvalue weighted by atomic mass is 10.1. The van der Waals surface area contributed by atoms with Crippen LogP contribution in [-0.2, 0) is 10.5 Å². The Labute approximate surface area is 185 Å². The molecular weight excluding hydrogens is 436 g/mol. The molecular formula is C21H16N4O4S2. The number of benzene rings is 3. The summed E-state index contributed by atoms with van der Waals surface area (Å²) in [6.07, 6.45) is 0. The number of hydrogen-bond acceptors (Lipinski definition) is 8. The molecule has 1 amide bonds. The Morgan fingerprint density at radius 2 is 1.84 bits per heavy atom. The molecule has 0 fully saturated rings. The van der Waals surface area contributed by atoms with Gasteiger partial charge in [-0.3, -0.25) is 20.2 Å². The van der Waals surface area contributed by atoms with Crippen LogP contribution in [0.5, 0.6) is 5.75 Å². The van der Waals surface area contributed by atoms with Crippen LogP contribution < -0.4 is 10.1 Å². The number of hydrogen-bond donors (Lipinski definition) is 1. The van der Waals surface area contributed by atoms with Crippen LogP contribution >= 0.6 is 23.1 Å². The van der Waals surface area contributed by atoms with Crippen molar-refractivity contribution in [1.82, 2.24) is 10.2 Å². The first kappa shape index (κ1) is 20.8. The van der Waals surface area contributed by atoms with Crippen LogP contribution in [0.3, 0.4) is 0 Å². The number of rotatable bonds is 8. The first-order valence-corrected chi connectivity index (χ1v) is 11.0. The lowest BCUT2D eigenvalue weighted by molar-refractivity contribution is -0.384. The number of nitrogens with zero attached hydrogens (tertiary/aromatic N) is 3. The highest BCUT2D eigenvalue weighted by molar-refractivity contribution is 8.00. The van der Waals surface area contributed by atoms with E-state index in [1.165, 1.54) is 35.2 Å². The Kier molecular flexibility index (Phi) is 6.39. The quantitative estimate of drug-likeness (QED) is 0.175. The molecule has 0 aliphatic heterocycles.